The summed E-state index contributed by atoms with van der Waals surface area (Å²) in [7, 11) is 1.36. The van der Waals surface area contributed by atoms with Crippen molar-refractivity contribution in [3.63, 3.8) is 0 Å². The molecule has 0 aromatic rings. The van der Waals surface area contributed by atoms with Crippen molar-refractivity contribution in [2.45, 2.75) is 44.6 Å². The Morgan fingerprint density at radius 3 is 2.27 bits per heavy atom. The van der Waals surface area contributed by atoms with Gasteiger partial charge in [0.05, 0.1) is 6.04 Å². The fourth-order valence-electron chi connectivity index (χ4n) is 2.58. The SMILES string of the molecule is O=C1CC(C2CCCCC2)N1S(=O)(=O)Cl. The summed E-state index contributed by atoms with van der Waals surface area (Å²) in [6, 6.07) is -0.166. The molecule has 2 fully saturated rings. The van der Waals surface area contributed by atoms with Crippen LogP contribution in [0.4, 0.5) is 0 Å². The molecule has 1 saturated heterocycles. The minimum Gasteiger partial charge on any atom is -0.274 e. The molecule has 1 aliphatic heterocycles. The van der Waals surface area contributed by atoms with Crippen molar-refractivity contribution in [2.75, 3.05) is 0 Å². The topological polar surface area (TPSA) is 54.5 Å². The summed E-state index contributed by atoms with van der Waals surface area (Å²) in [5.74, 6) is -0.0365. The summed E-state index contributed by atoms with van der Waals surface area (Å²) in [5.41, 5.74) is 0. The minimum absolute atomic E-state index is 0.166. The second-order valence-corrected chi connectivity index (χ2v) is 6.69. The molecule has 1 unspecified atom stereocenters. The zero-order valence-electron chi connectivity index (χ0n) is 8.36. The third kappa shape index (κ3) is 2.13. The van der Waals surface area contributed by atoms with E-state index in [-0.39, 0.29) is 11.9 Å². The first-order valence-corrected chi connectivity index (χ1v) is 7.53. The number of nitrogens with zero attached hydrogens (tertiary/aromatic N) is 1. The lowest BCUT2D eigenvalue weighted by atomic mass is 9.80. The van der Waals surface area contributed by atoms with Gasteiger partial charge in [-0.2, -0.15) is 8.42 Å². The summed E-state index contributed by atoms with van der Waals surface area (Å²) in [6.07, 6.45) is 5.85. The smallest absolute Gasteiger partial charge is 0.274 e. The van der Waals surface area contributed by atoms with Gasteiger partial charge in [0.25, 0.3) is 0 Å². The second-order valence-electron chi connectivity index (χ2n) is 4.30. The lowest BCUT2D eigenvalue weighted by Gasteiger charge is -2.43. The molecule has 0 bridgehead atoms. The van der Waals surface area contributed by atoms with Crippen LogP contribution in [0.3, 0.4) is 0 Å². The lowest BCUT2D eigenvalue weighted by Crippen LogP contribution is -2.57. The number of amides is 1. The molecule has 2 aliphatic rings. The van der Waals surface area contributed by atoms with E-state index in [1.165, 1.54) is 6.42 Å². The van der Waals surface area contributed by atoms with Gasteiger partial charge in [-0.15, -0.1) is 0 Å². The normalized spacial score (nSPS) is 29.0. The first-order chi connectivity index (χ1) is 7.00. The second kappa shape index (κ2) is 3.94. The van der Waals surface area contributed by atoms with E-state index in [4.69, 9.17) is 10.7 Å². The third-order valence-corrected chi connectivity index (χ3v) is 4.75. The predicted molar refractivity (Wildman–Crippen MR) is 56.6 cm³/mol. The molecule has 1 atom stereocenters. The van der Waals surface area contributed by atoms with Crippen LogP contribution in [-0.2, 0) is 14.0 Å². The zero-order chi connectivity index (χ0) is 11.1. The molecule has 0 N–H and O–H groups in total. The molecule has 4 nitrogen and oxygen atoms in total. The minimum atomic E-state index is -3.86. The van der Waals surface area contributed by atoms with Gasteiger partial charge < -0.3 is 0 Å². The Morgan fingerprint density at radius 2 is 1.80 bits per heavy atom. The van der Waals surface area contributed by atoms with E-state index in [9.17, 15) is 13.2 Å². The summed E-state index contributed by atoms with van der Waals surface area (Å²) in [4.78, 5) is 11.2. The van der Waals surface area contributed by atoms with Gasteiger partial charge in [0.15, 0.2) is 0 Å². The third-order valence-electron chi connectivity index (χ3n) is 3.36. The molecule has 6 heteroatoms. The predicted octanol–water partition coefficient (Wildman–Crippen LogP) is 1.65. The summed E-state index contributed by atoms with van der Waals surface area (Å²) in [5, 5.41) is 0. The maximum atomic E-state index is 11.2. The summed E-state index contributed by atoms with van der Waals surface area (Å²) < 4.78 is 23.2. The Kier molecular flexibility index (Phi) is 2.94. The van der Waals surface area contributed by atoms with Crippen LogP contribution < -0.4 is 0 Å². The Hall–Kier alpha value is -0.290. The molecule has 0 aromatic heterocycles. The lowest BCUT2D eigenvalue weighted by molar-refractivity contribution is -0.140. The van der Waals surface area contributed by atoms with Gasteiger partial charge in [-0.1, -0.05) is 19.3 Å². The van der Waals surface area contributed by atoms with Crippen molar-refractivity contribution in [1.82, 2.24) is 4.31 Å². The van der Waals surface area contributed by atoms with Crippen LogP contribution in [0.5, 0.6) is 0 Å². The molecule has 2 rings (SSSR count). The number of hydrogen-bond acceptors (Lipinski definition) is 3. The standard InChI is InChI=1S/C9H14ClNO3S/c10-15(13,14)11-8(6-9(11)12)7-4-2-1-3-5-7/h7-8H,1-6H2. The highest BCUT2D eigenvalue weighted by Gasteiger charge is 2.47. The van der Waals surface area contributed by atoms with Gasteiger partial charge in [0.1, 0.15) is 0 Å². The van der Waals surface area contributed by atoms with Crippen molar-refractivity contribution >= 4 is 25.8 Å². The quantitative estimate of drug-likeness (QED) is 0.554. The van der Waals surface area contributed by atoms with E-state index in [1.807, 2.05) is 0 Å². The van der Waals surface area contributed by atoms with Crippen LogP contribution >= 0.6 is 10.7 Å². The van der Waals surface area contributed by atoms with Crippen LogP contribution in [0.25, 0.3) is 0 Å². The number of rotatable bonds is 2. The molecule has 86 valence electrons. The Bertz CT molecular complexity index is 362. The molecule has 0 aromatic carbocycles. The monoisotopic (exact) mass is 251 g/mol. The first kappa shape index (κ1) is 11.2. The highest BCUT2D eigenvalue weighted by Crippen LogP contribution is 2.38. The van der Waals surface area contributed by atoms with Gasteiger partial charge in [0, 0.05) is 17.1 Å². The van der Waals surface area contributed by atoms with Gasteiger partial charge in [-0.05, 0) is 18.8 Å². The number of halogens is 1. The number of hydrogen-bond donors (Lipinski definition) is 0. The fraction of sp³-hybridized carbons (Fsp3) is 0.889. The van der Waals surface area contributed by atoms with Crippen LogP contribution in [0.1, 0.15) is 38.5 Å². The largest absolute Gasteiger partial charge is 0.324 e. The average molecular weight is 252 g/mol. The molecule has 1 saturated carbocycles. The van der Waals surface area contributed by atoms with E-state index in [0.717, 1.165) is 30.0 Å². The van der Waals surface area contributed by atoms with Crippen molar-refractivity contribution in [3.8, 4) is 0 Å². The fourth-order valence-corrected chi connectivity index (χ4v) is 4.01. The Balaban J connectivity index is 2.08. The summed E-state index contributed by atoms with van der Waals surface area (Å²) in [6.45, 7) is 0. The number of carbonyl (C=O) groups excluding carboxylic acids is 1. The zero-order valence-corrected chi connectivity index (χ0v) is 9.93. The van der Waals surface area contributed by atoms with Crippen molar-refractivity contribution in [2.24, 2.45) is 5.92 Å². The number of carbonyl (C=O) groups is 1. The summed E-state index contributed by atoms with van der Waals surface area (Å²) >= 11 is 0. The van der Waals surface area contributed by atoms with Gasteiger partial charge >= 0.3 is 9.24 Å². The molecule has 0 spiro atoms. The van der Waals surface area contributed by atoms with E-state index < -0.39 is 9.24 Å². The van der Waals surface area contributed by atoms with E-state index >= 15 is 0 Å². The molecular formula is C9H14ClNO3S. The maximum Gasteiger partial charge on any atom is 0.324 e. The molecular weight excluding hydrogens is 238 g/mol. The average Bonchev–Trinajstić information content (AvgIpc) is 2.12. The molecule has 0 radical (unpaired) electrons. The van der Waals surface area contributed by atoms with E-state index in [2.05, 4.69) is 0 Å². The van der Waals surface area contributed by atoms with Crippen molar-refractivity contribution in [3.05, 3.63) is 0 Å². The van der Waals surface area contributed by atoms with Gasteiger partial charge in [0.2, 0.25) is 5.91 Å². The van der Waals surface area contributed by atoms with E-state index in [1.54, 1.807) is 0 Å². The van der Waals surface area contributed by atoms with Crippen molar-refractivity contribution in [1.29, 1.82) is 0 Å². The van der Waals surface area contributed by atoms with Gasteiger partial charge in [-0.25, -0.2) is 4.31 Å². The molecule has 1 heterocycles. The van der Waals surface area contributed by atoms with Crippen molar-refractivity contribution < 1.29 is 13.2 Å². The highest BCUT2D eigenvalue weighted by atomic mass is 35.7. The Morgan fingerprint density at radius 1 is 1.20 bits per heavy atom. The maximum absolute atomic E-state index is 11.2. The van der Waals surface area contributed by atoms with Gasteiger partial charge in [-0.3, -0.25) is 4.79 Å². The highest BCUT2D eigenvalue weighted by molar-refractivity contribution is 8.12. The number of β-lactam (4-membered cyclic amide) rings is 1. The van der Waals surface area contributed by atoms with Crippen LogP contribution in [0.15, 0.2) is 0 Å². The van der Waals surface area contributed by atoms with Crippen LogP contribution in [0, 0.1) is 5.92 Å². The Labute approximate surface area is 94.1 Å². The molecule has 1 amide bonds. The molecule has 15 heavy (non-hydrogen) atoms. The van der Waals surface area contributed by atoms with Crippen LogP contribution in [0.2, 0.25) is 0 Å². The van der Waals surface area contributed by atoms with E-state index in [0.29, 0.717) is 12.3 Å². The molecule has 1 aliphatic carbocycles. The first-order valence-electron chi connectivity index (χ1n) is 5.27. The van der Waals surface area contributed by atoms with Crippen LogP contribution in [-0.4, -0.2) is 24.7 Å².